The van der Waals surface area contributed by atoms with Crippen LogP contribution < -0.4 is 5.32 Å². The Bertz CT molecular complexity index is 568. The molecule has 0 aliphatic heterocycles. The smallest absolute Gasteiger partial charge is 0.228 e. The Morgan fingerprint density at radius 3 is 2.57 bits per heavy atom. The minimum atomic E-state index is -0.0825. The number of carbonyl (C=O) groups is 2. The molecule has 1 aliphatic rings. The third-order valence-electron chi connectivity index (χ3n) is 4.29. The van der Waals surface area contributed by atoms with Gasteiger partial charge < -0.3 is 10.2 Å². The van der Waals surface area contributed by atoms with Crippen LogP contribution in [-0.4, -0.2) is 34.3 Å². The Morgan fingerprint density at radius 1 is 1.39 bits per heavy atom. The van der Waals surface area contributed by atoms with Gasteiger partial charge in [-0.2, -0.15) is 0 Å². The van der Waals surface area contributed by atoms with Crippen molar-refractivity contribution in [2.24, 2.45) is 17.8 Å². The number of nitrogens with zero attached hydrogens (tertiary/aromatic N) is 2. The lowest BCUT2D eigenvalue weighted by molar-refractivity contribution is -0.132. The van der Waals surface area contributed by atoms with E-state index in [1.165, 1.54) is 17.8 Å². The Balaban J connectivity index is 1.93. The standard InChI is InChI=1S/C17H27N3O2S/c1-10(2)16(22)19-17-18-14(9-23-17)7-15(21)20(11(3)4)8-13-6-12(13)5/h9-13H,6-8H2,1-5H3,(H,18,19,22). The first-order valence-electron chi connectivity index (χ1n) is 8.32. The molecule has 1 saturated carbocycles. The van der Waals surface area contributed by atoms with Crippen molar-refractivity contribution in [2.45, 2.75) is 53.5 Å². The summed E-state index contributed by atoms with van der Waals surface area (Å²) in [7, 11) is 0. The third-order valence-corrected chi connectivity index (χ3v) is 5.10. The fourth-order valence-corrected chi connectivity index (χ4v) is 3.17. The van der Waals surface area contributed by atoms with Gasteiger partial charge in [-0.3, -0.25) is 9.59 Å². The zero-order valence-electron chi connectivity index (χ0n) is 14.6. The summed E-state index contributed by atoms with van der Waals surface area (Å²) in [4.78, 5) is 30.6. The average Bonchev–Trinajstić information content (AvgIpc) is 2.98. The molecular formula is C17H27N3O2S. The summed E-state index contributed by atoms with van der Waals surface area (Å²) in [5.41, 5.74) is 0.730. The SMILES string of the molecule is CC(C)C(=O)Nc1nc(CC(=O)N(CC2CC2C)C(C)C)cs1. The number of rotatable bonds is 7. The fourth-order valence-electron chi connectivity index (χ4n) is 2.46. The summed E-state index contributed by atoms with van der Waals surface area (Å²) in [6, 6.07) is 0.203. The highest BCUT2D eigenvalue weighted by Gasteiger charge is 2.35. The van der Waals surface area contributed by atoms with Crippen molar-refractivity contribution in [3.63, 3.8) is 0 Å². The van der Waals surface area contributed by atoms with E-state index in [9.17, 15) is 9.59 Å². The van der Waals surface area contributed by atoms with E-state index >= 15 is 0 Å². The molecule has 23 heavy (non-hydrogen) atoms. The maximum absolute atomic E-state index is 12.6. The van der Waals surface area contributed by atoms with Crippen LogP contribution >= 0.6 is 11.3 Å². The maximum atomic E-state index is 12.6. The average molecular weight is 337 g/mol. The molecule has 0 bridgehead atoms. The van der Waals surface area contributed by atoms with Crippen molar-refractivity contribution >= 4 is 28.3 Å². The van der Waals surface area contributed by atoms with E-state index < -0.39 is 0 Å². The molecule has 0 aromatic carbocycles. The van der Waals surface area contributed by atoms with Crippen LogP contribution in [0.15, 0.2) is 5.38 Å². The van der Waals surface area contributed by atoms with E-state index in [0.29, 0.717) is 17.5 Å². The summed E-state index contributed by atoms with van der Waals surface area (Å²) in [5, 5.41) is 5.20. The number of hydrogen-bond donors (Lipinski definition) is 1. The molecule has 2 atom stereocenters. The number of aromatic nitrogens is 1. The van der Waals surface area contributed by atoms with Gasteiger partial charge in [0, 0.05) is 23.9 Å². The Morgan fingerprint density at radius 2 is 2.04 bits per heavy atom. The van der Waals surface area contributed by atoms with Crippen molar-refractivity contribution < 1.29 is 9.59 Å². The van der Waals surface area contributed by atoms with Gasteiger partial charge in [-0.05, 0) is 32.1 Å². The van der Waals surface area contributed by atoms with E-state index in [2.05, 4.69) is 31.1 Å². The van der Waals surface area contributed by atoms with Gasteiger partial charge in [0.1, 0.15) is 0 Å². The van der Waals surface area contributed by atoms with Crippen molar-refractivity contribution in [3.8, 4) is 0 Å². The molecule has 1 N–H and O–H groups in total. The first kappa shape index (κ1) is 17.9. The molecule has 6 heteroatoms. The summed E-state index contributed by atoms with van der Waals surface area (Å²) < 4.78 is 0. The highest BCUT2D eigenvalue weighted by Crippen LogP contribution is 2.38. The molecule has 128 valence electrons. The van der Waals surface area contributed by atoms with Crippen LogP contribution in [0.3, 0.4) is 0 Å². The van der Waals surface area contributed by atoms with Crippen LogP contribution in [0.5, 0.6) is 0 Å². The highest BCUT2D eigenvalue weighted by molar-refractivity contribution is 7.13. The molecule has 2 unspecified atom stereocenters. The molecule has 1 fully saturated rings. The highest BCUT2D eigenvalue weighted by atomic mass is 32.1. The topological polar surface area (TPSA) is 62.3 Å². The second-order valence-electron chi connectivity index (χ2n) is 7.08. The fraction of sp³-hybridized carbons (Fsp3) is 0.706. The van der Waals surface area contributed by atoms with Gasteiger partial charge in [0.15, 0.2) is 5.13 Å². The van der Waals surface area contributed by atoms with Crippen molar-refractivity contribution in [3.05, 3.63) is 11.1 Å². The second kappa shape index (κ2) is 7.43. The summed E-state index contributed by atoms with van der Waals surface area (Å²) in [5.74, 6) is 1.37. The Kier molecular flexibility index (Phi) is 5.79. The summed E-state index contributed by atoms with van der Waals surface area (Å²) in [6.45, 7) is 10.9. The molecule has 1 heterocycles. The molecule has 0 radical (unpaired) electrons. The third kappa shape index (κ3) is 5.03. The molecule has 5 nitrogen and oxygen atoms in total. The zero-order valence-corrected chi connectivity index (χ0v) is 15.4. The number of thiazole rings is 1. The largest absolute Gasteiger partial charge is 0.340 e. The van der Waals surface area contributed by atoms with Crippen molar-refractivity contribution in [1.29, 1.82) is 0 Å². The molecule has 2 rings (SSSR count). The normalized spacial score (nSPS) is 20.0. The molecular weight excluding hydrogens is 310 g/mol. The van der Waals surface area contributed by atoms with E-state index in [1.807, 2.05) is 24.1 Å². The van der Waals surface area contributed by atoms with Gasteiger partial charge in [0.25, 0.3) is 0 Å². The van der Waals surface area contributed by atoms with Crippen LogP contribution in [0.1, 0.15) is 46.7 Å². The first-order chi connectivity index (χ1) is 10.8. The quantitative estimate of drug-likeness (QED) is 0.831. The Labute approximate surface area is 142 Å². The number of anilines is 1. The molecule has 1 aromatic rings. The lowest BCUT2D eigenvalue weighted by atomic mass is 10.2. The lowest BCUT2D eigenvalue weighted by Gasteiger charge is -2.26. The minimum Gasteiger partial charge on any atom is -0.340 e. The molecule has 0 saturated heterocycles. The monoisotopic (exact) mass is 337 g/mol. The second-order valence-corrected chi connectivity index (χ2v) is 7.94. The van der Waals surface area contributed by atoms with Crippen LogP contribution in [0.25, 0.3) is 0 Å². The summed E-state index contributed by atoms with van der Waals surface area (Å²) >= 11 is 1.37. The van der Waals surface area contributed by atoms with Gasteiger partial charge in [-0.25, -0.2) is 4.98 Å². The molecule has 0 spiro atoms. The number of amides is 2. The van der Waals surface area contributed by atoms with E-state index in [4.69, 9.17) is 0 Å². The first-order valence-corrected chi connectivity index (χ1v) is 9.20. The lowest BCUT2D eigenvalue weighted by Crippen LogP contribution is -2.39. The molecule has 1 aromatic heterocycles. The Hall–Kier alpha value is -1.43. The number of nitrogens with one attached hydrogen (secondary N) is 1. The molecule has 1 aliphatic carbocycles. The van der Waals surface area contributed by atoms with Gasteiger partial charge in [-0.1, -0.05) is 20.8 Å². The van der Waals surface area contributed by atoms with Crippen LogP contribution in [-0.2, 0) is 16.0 Å². The van der Waals surface area contributed by atoms with Gasteiger partial charge in [0.05, 0.1) is 12.1 Å². The van der Waals surface area contributed by atoms with Crippen LogP contribution in [0, 0.1) is 17.8 Å². The van der Waals surface area contributed by atoms with E-state index in [1.54, 1.807) is 0 Å². The predicted molar refractivity (Wildman–Crippen MR) is 93.4 cm³/mol. The van der Waals surface area contributed by atoms with Gasteiger partial charge in [-0.15, -0.1) is 11.3 Å². The van der Waals surface area contributed by atoms with Gasteiger partial charge in [0.2, 0.25) is 11.8 Å². The van der Waals surface area contributed by atoms with E-state index in [0.717, 1.165) is 18.2 Å². The number of carbonyl (C=O) groups excluding carboxylic acids is 2. The molecule has 2 amide bonds. The number of hydrogen-bond acceptors (Lipinski definition) is 4. The minimum absolute atomic E-state index is 0.0521. The van der Waals surface area contributed by atoms with Crippen LogP contribution in [0.4, 0.5) is 5.13 Å². The zero-order chi connectivity index (χ0) is 17.1. The predicted octanol–water partition coefficient (Wildman–Crippen LogP) is 3.17. The van der Waals surface area contributed by atoms with E-state index in [-0.39, 0.29) is 23.8 Å². The van der Waals surface area contributed by atoms with Crippen molar-refractivity contribution in [1.82, 2.24) is 9.88 Å². The van der Waals surface area contributed by atoms with Gasteiger partial charge >= 0.3 is 0 Å². The summed E-state index contributed by atoms with van der Waals surface area (Å²) in [6.07, 6.45) is 1.52. The maximum Gasteiger partial charge on any atom is 0.228 e. The van der Waals surface area contributed by atoms with Crippen LogP contribution in [0.2, 0.25) is 0 Å². The van der Waals surface area contributed by atoms with Crippen molar-refractivity contribution in [2.75, 3.05) is 11.9 Å².